The molecule has 0 saturated carbocycles. The van der Waals surface area contributed by atoms with Gasteiger partial charge in [0.2, 0.25) is 5.91 Å². The lowest BCUT2D eigenvalue weighted by Gasteiger charge is -2.29. The summed E-state index contributed by atoms with van der Waals surface area (Å²) in [5.41, 5.74) is 2.27. The maximum atomic E-state index is 13.1. The molecule has 0 heterocycles. The monoisotopic (exact) mass is 488 g/mol. The molecule has 3 rings (SSSR count). The summed E-state index contributed by atoms with van der Waals surface area (Å²) in [5.74, 6) is -0.0641. The normalized spacial score (nSPS) is 14.2. The van der Waals surface area contributed by atoms with Crippen molar-refractivity contribution in [2.75, 3.05) is 13.2 Å². The number of nitrogens with zero attached hydrogens (tertiary/aromatic N) is 1. The highest BCUT2D eigenvalue weighted by Crippen LogP contribution is 2.23. The zero-order chi connectivity index (χ0) is 23.6. The minimum atomic E-state index is -0.664. The maximum Gasteiger partial charge on any atom is 0.261 e. The molecule has 0 aromatic heterocycles. The van der Waals surface area contributed by atoms with Gasteiger partial charge in [0.05, 0.1) is 5.02 Å². The van der Waals surface area contributed by atoms with Gasteiger partial charge in [0.1, 0.15) is 11.8 Å². The number of hydrogen-bond acceptors (Lipinski definition) is 3. The molecule has 0 radical (unpaired) electrons. The van der Waals surface area contributed by atoms with E-state index in [1.807, 2.05) is 12.1 Å². The Labute approximate surface area is 205 Å². The van der Waals surface area contributed by atoms with E-state index in [9.17, 15) is 9.59 Å². The molecule has 33 heavy (non-hydrogen) atoms. The molecule has 2 amide bonds. The molecule has 0 aliphatic heterocycles. The third kappa shape index (κ3) is 7.79. The Morgan fingerprint density at radius 2 is 1.85 bits per heavy atom. The molecule has 0 saturated heterocycles. The molecule has 0 spiro atoms. The summed E-state index contributed by atoms with van der Waals surface area (Å²) in [6, 6.07) is 13.5. The first-order valence-electron chi connectivity index (χ1n) is 11.3. The number of amides is 2. The van der Waals surface area contributed by atoms with E-state index in [0.717, 1.165) is 24.8 Å². The van der Waals surface area contributed by atoms with Crippen molar-refractivity contribution in [1.82, 2.24) is 10.2 Å². The molecule has 7 heteroatoms. The van der Waals surface area contributed by atoms with Gasteiger partial charge in [0.25, 0.3) is 5.91 Å². The summed E-state index contributed by atoms with van der Waals surface area (Å²) in [6.45, 7) is 2.34. The number of benzene rings is 2. The number of carbonyl (C=O) groups excluding carboxylic acids is 2. The van der Waals surface area contributed by atoms with Crippen LogP contribution in [0.5, 0.6) is 5.75 Å². The van der Waals surface area contributed by atoms with E-state index < -0.39 is 6.04 Å². The van der Waals surface area contributed by atoms with Crippen LogP contribution in [-0.2, 0) is 16.1 Å². The second kappa shape index (κ2) is 12.7. The van der Waals surface area contributed by atoms with Crippen LogP contribution in [0.15, 0.2) is 60.2 Å². The van der Waals surface area contributed by atoms with Gasteiger partial charge in [-0.05, 0) is 68.9 Å². The predicted molar refractivity (Wildman–Crippen MR) is 133 cm³/mol. The van der Waals surface area contributed by atoms with Crippen LogP contribution in [0.2, 0.25) is 10.0 Å². The van der Waals surface area contributed by atoms with Crippen LogP contribution in [0, 0.1) is 0 Å². The number of nitrogens with one attached hydrogen (secondary N) is 1. The summed E-state index contributed by atoms with van der Waals surface area (Å²) in [7, 11) is 0. The van der Waals surface area contributed by atoms with Crippen molar-refractivity contribution < 1.29 is 14.3 Å². The number of carbonyl (C=O) groups is 2. The molecule has 1 N–H and O–H groups in total. The molecule has 0 bridgehead atoms. The maximum absolute atomic E-state index is 13.1. The molecule has 176 valence electrons. The summed E-state index contributed by atoms with van der Waals surface area (Å²) in [6.07, 6.45) is 7.80. The summed E-state index contributed by atoms with van der Waals surface area (Å²) in [4.78, 5) is 27.5. The molecule has 5 nitrogen and oxygen atoms in total. The van der Waals surface area contributed by atoms with Crippen LogP contribution >= 0.6 is 23.2 Å². The number of rotatable bonds is 10. The van der Waals surface area contributed by atoms with Gasteiger partial charge < -0.3 is 15.0 Å². The van der Waals surface area contributed by atoms with E-state index in [0.29, 0.717) is 22.3 Å². The van der Waals surface area contributed by atoms with Crippen LogP contribution in [0.4, 0.5) is 0 Å². The number of halogens is 2. The van der Waals surface area contributed by atoms with Crippen molar-refractivity contribution >= 4 is 35.0 Å². The van der Waals surface area contributed by atoms with Crippen molar-refractivity contribution in [1.29, 1.82) is 0 Å². The van der Waals surface area contributed by atoms with Gasteiger partial charge in [-0.1, -0.05) is 59.1 Å². The van der Waals surface area contributed by atoms with Crippen LogP contribution in [0.1, 0.15) is 44.6 Å². The third-order valence-electron chi connectivity index (χ3n) is 5.75. The zero-order valence-corrected chi connectivity index (χ0v) is 20.4. The first-order valence-corrected chi connectivity index (χ1v) is 12.1. The third-order valence-corrected chi connectivity index (χ3v) is 6.32. The minimum absolute atomic E-state index is 0.188. The number of ether oxygens (including phenoxy) is 1. The number of para-hydroxylation sites is 1. The number of allylic oxidation sites excluding steroid dienone is 1. The van der Waals surface area contributed by atoms with E-state index >= 15 is 0 Å². The first kappa shape index (κ1) is 25.1. The van der Waals surface area contributed by atoms with Gasteiger partial charge in [-0.15, -0.1) is 0 Å². The predicted octanol–water partition coefficient (Wildman–Crippen LogP) is 5.80. The summed E-state index contributed by atoms with van der Waals surface area (Å²) in [5, 5.41) is 4.03. The van der Waals surface area contributed by atoms with E-state index in [1.54, 1.807) is 43.3 Å². The average molecular weight is 489 g/mol. The fraction of sp³-hybridized carbons (Fsp3) is 0.385. The van der Waals surface area contributed by atoms with Gasteiger partial charge in [0.15, 0.2) is 6.61 Å². The van der Waals surface area contributed by atoms with E-state index in [-0.39, 0.29) is 25.0 Å². The topological polar surface area (TPSA) is 58.6 Å². The van der Waals surface area contributed by atoms with Crippen LogP contribution in [0.25, 0.3) is 0 Å². The highest BCUT2D eigenvalue weighted by atomic mass is 35.5. The molecule has 0 fully saturated rings. The Kier molecular flexibility index (Phi) is 9.64. The quantitative estimate of drug-likeness (QED) is 0.430. The molecule has 2 aromatic carbocycles. The smallest absolute Gasteiger partial charge is 0.261 e. The van der Waals surface area contributed by atoms with E-state index in [1.165, 1.54) is 23.3 Å². The largest absolute Gasteiger partial charge is 0.482 e. The second-order valence-corrected chi connectivity index (χ2v) is 9.04. The van der Waals surface area contributed by atoms with Crippen molar-refractivity contribution in [2.24, 2.45) is 0 Å². The highest BCUT2D eigenvalue weighted by molar-refractivity contribution is 6.32. The Morgan fingerprint density at radius 3 is 2.55 bits per heavy atom. The fourth-order valence-electron chi connectivity index (χ4n) is 3.78. The lowest BCUT2D eigenvalue weighted by atomic mass is 9.97. The van der Waals surface area contributed by atoms with Crippen molar-refractivity contribution in [3.05, 3.63) is 75.8 Å². The molecule has 2 aromatic rings. The van der Waals surface area contributed by atoms with Crippen LogP contribution < -0.4 is 10.1 Å². The summed E-state index contributed by atoms with van der Waals surface area (Å²) < 4.78 is 5.64. The Morgan fingerprint density at radius 1 is 1.09 bits per heavy atom. The van der Waals surface area contributed by atoms with E-state index in [2.05, 4.69) is 11.4 Å². The van der Waals surface area contributed by atoms with Crippen LogP contribution in [0.3, 0.4) is 0 Å². The molecule has 1 unspecified atom stereocenters. The van der Waals surface area contributed by atoms with Crippen molar-refractivity contribution in [3.63, 3.8) is 0 Å². The zero-order valence-electron chi connectivity index (χ0n) is 18.9. The van der Waals surface area contributed by atoms with Crippen molar-refractivity contribution in [2.45, 2.75) is 51.6 Å². The van der Waals surface area contributed by atoms with Crippen LogP contribution in [-0.4, -0.2) is 35.9 Å². The number of hydrogen-bond donors (Lipinski definition) is 1. The Hall–Kier alpha value is -2.50. The van der Waals surface area contributed by atoms with Gasteiger partial charge in [-0.2, -0.15) is 0 Å². The Balaban J connectivity index is 1.64. The van der Waals surface area contributed by atoms with Gasteiger partial charge in [-0.3, -0.25) is 9.59 Å². The SMILES string of the molecule is CC(C(=O)NCCC1=CCCCC1)N(Cc1ccc(Cl)cc1)C(=O)COc1ccccc1Cl. The fourth-order valence-corrected chi connectivity index (χ4v) is 4.10. The minimum Gasteiger partial charge on any atom is -0.482 e. The molecule has 1 aliphatic rings. The standard InChI is InChI=1S/C26H30Cl2N2O3/c1-19(26(32)29-16-15-20-7-3-2-4-8-20)30(17-21-11-13-22(27)14-12-21)25(31)18-33-24-10-6-5-9-23(24)28/h5-7,9-14,19H,2-4,8,15-18H2,1H3,(H,29,32). The molecular formula is C26H30Cl2N2O3. The van der Waals surface area contributed by atoms with Crippen molar-refractivity contribution in [3.8, 4) is 5.75 Å². The second-order valence-electron chi connectivity index (χ2n) is 8.19. The summed E-state index contributed by atoms with van der Waals surface area (Å²) >= 11 is 12.1. The molecular weight excluding hydrogens is 459 g/mol. The lowest BCUT2D eigenvalue weighted by Crippen LogP contribution is -2.49. The average Bonchev–Trinajstić information content (AvgIpc) is 2.83. The molecule has 1 atom stereocenters. The first-order chi connectivity index (χ1) is 15.9. The molecule has 1 aliphatic carbocycles. The highest BCUT2D eigenvalue weighted by Gasteiger charge is 2.26. The van der Waals surface area contributed by atoms with Gasteiger partial charge in [0, 0.05) is 18.1 Å². The Bertz CT molecular complexity index is 976. The lowest BCUT2D eigenvalue weighted by molar-refractivity contribution is -0.142. The van der Waals surface area contributed by atoms with E-state index in [4.69, 9.17) is 27.9 Å². The van der Waals surface area contributed by atoms with Gasteiger partial charge in [-0.25, -0.2) is 0 Å². The van der Waals surface area contributed by atoms with Gasteiger partial charge >= 0.3 is 0 Å².